The highest BCUT2D eigenvalue weighted by atomic mass is 16.2. The van der Waals surface area contributed by atoms with Gasteiger partial charge in [-0.2, -0.15) is 0 Å². The third kappa shape index (κ3) is 6.42. The number of rotatable bonds is 6. The fraction of sp³-hybridized carbons (Fsp3) is 0.778. The van der Waals surface area contributed by atoms with Crippen LogP contribution in [0, 0.1) is 5.92 Å². The van der Waals surface area contributed by atoms with E-state index in [4.69, 9.17) is 5.73 Å². The normalized spacial score (nSPS) is 10.0. The molecule has 0 aromatic carbocycles. The second-order valence-corrected chi connectivity index (χ2v) is 3.35. The molecule has 5 nitrogen and oxygen atoms in total. The van der Waals surface area contributed by atoms with Crippen molar-refractivity contribution in [2.45, 2.75) is 20.3 Å². The molecule has 82 valence electrons. The quantitative estimate of drug-likeness (QED) is 0.493. The minimum atomic E-state index is -0.166. The lowest BCUT2D eigenvalue weighted by Gasteiger charge is -2.07. The van der Waals surface area contributed by atoms with E-state index in [9.17, 15) is 9.59 Å². The Morgan fingerprint density at radius 2 is 1.79 bits per heavy atom. The van der Waals surface area contributed by atoms with Crippen molar-refractivity contribution in [1.29, 1.82) is 0 Å². The molecule has 0 radical (unpaired) electrons. The van der Waals surface area contributed by atoms with E-state index in [0.29, 0.717) is 13.1 Å². The third-order valence-corrected chi connectivity index (χ3v) is 1.68. The molecule has 0 spiro atoms. The molecule has 0 unspecified atom stereocenters. The van der Waals surface area contributed by atoms with Gasteiger partial charge < -0.3 is 16.4 Å². The van der Waals surface area contributed by atoms with Crippen LogP contribution in [0.4, 0.5) is 0 Å². The maximum Gasteiger partial charge on any atom is 0.233 e. The average Bonchev–Trinajstić information content (AvgIpc) is 2.16. The summed E-state index contributed by atoms with van der Waals surface area (Å²) in [5.41, 5.74) is 5.09. The van der Waals surface area contributed by atoms with Crippen molar-refractivity contribution in [2.75, 3.05) is 19.6 Å². The largest absolute Gasteiger partial charge is 0.356 e. The van der Waals surface area contributed by atoms with Gasteiger partial charge >= 0.3 is 0 Å². The van der Waals surface area contributed by atoms with Gasteiger partial charge in [0.1, 0.15) is 0 Å². The first kappa shape index (κ1) is 12.9. The first-order valence-corrected chi connectivity index (χ1v) is 4.82. The monoisotopic (exact) mass is 201 g/mol. The Balaban J connectivity index is 3.30. The van der Waals surface area contributed by atoms with Gasteiger partial charge in [0.2, 0.25) is 11.8 Å². The van der Waals surface area contributed by atoms with Crippen molar-refractivity contribution in [3.8, 4) is 0 Å². The smallest absolute Gasteiger partial charge is 0.233 e. The van der Waals surface area contributed by atoms with Gasteiger partial charge in [0, 0.05) is 19.0 Å². The van der Waals surface area contributed by atoms with Crippen molar-refractivity contribution < 1.29 is 9.59 Å². The molecule has 0 aliphatic heterocycles. The van der Waals surface area contributed by atoms with E-state index >= 15 is 0 Å². The first-order valence-electron chi connectivity index (χ1n) is 4.82. The predicted octanol–water partition coefficient (Wildman–Crippen LogP) is -0.776. The van der Waals surface area contributed by atoms with Gasteiger partial charge in [-0.3, -0.25) is 9.59 Å². The van der Waals surface area contributed by atoms with Gasteiger partial charge in [0.15, 0.2) is 0 Å². The van der Waals surface area contributed by atoms with Crippen LogP contribution in [0.3, 0.4) is 0 Å². The molecule has 0 aromatic heterocycles. The Bertz CT molecular complexity index is 192. The topological polar surface area (TPSA) is 84.2 Å². The molecular weight excluding hydrogens is 182 g/mol. The Morgan fingerprint density at radius 1 is 1.21 bits per heavy atom. The maximum absolute atomic E-state index is 11.1. The molecule has 0 aliphatic carbocycles. The highest BCUT2D eigenvalue weighted by Gasteiger charge is 2.04. The van der Waals surface area contributed by atoms with Crippen molar-refractivity contribution in [2.24, 2.45) is 11.7 Å². The summed E-state index contributed by atoms with van der Waals surface area (Å²) in [4.78, 5) is 21.8. The van der Waals surface area contributed by atoms with Crippen LogP contribution in [0.25, 0.3) is 0 Å². The van der Waals surface area contributed by atoms with Crippen LogP contribution >= 0.6 is 0 Å². The molecule has 0 saturated carbocycles. The van der Waals surface area contributed by atoms with E-state index in [2.05, 4.69) is 10.6 Å². The first-order chi connectivity index (χ1) is 6.57. The summed E-state index contributed by atoms with van der Waals surface area (Å²) in [7, 11) is 0. The molecule has 0 aliphatic rings. The number of carbonyl (C=O) groups excluding carboxylic acids is 2. The second-order valence-electron chi connectivity index (χ2n) is 3.35. The summed E-state index contributed by atoms with van der Waals surface area (Å²) in [6.07, 6.45) is 0.726. The zero-order valence-corrected chi connectivity index (χ0v) is 8.80. The van der Waals surface area contributed by atoms with Crippen LogP contribution in [0.1, 0.15) is 20.3 Å². The second kappa shape index (κ2) is 7.32. The summed E-state index contributed by atoms with van der Waals surface area (Å²) in [5, 5.41) is 5.37. The Morgan fingerprint density at radius 3 is 2.29 bits per heavy atom. The van der Waals surface area contributed by atoms with Crippen molar-refractivity contribution >= 4 is 11.8 Å². The Labute approximate surface area is 84.4 Å². The van der Waals surface area contributed by atoms with E-state index in [-0.39, 0.29) is 24.3 Å². The average molecular weight is 201 g/mol. The number of hydrogen-bond donors (Lipinski definition) is 3. The summed E-state index contributed by atoms with van der Waals surface area (Å²) < 4.78 is 0. The zero-order chi connectivity index (χ0) is 11.0. The van der Waals surface area contributed by atoms with Crippen LogP contribution in [0.15, 0.2) is 0 Å². The van der Waals surface area contributed by atoms with Crippen molar-refractivity contribution in [3.05, 3.63) is 0 Å². The number of hydrogen-bond acceptors (Lipinski definition) is 3. The lowest BCUT2D eigenvalue weighted by molar-refractivity contribution is -0.123. The number of nitrogens with two attached hydrogens (primary N) is 1. The SMILES string of the molecule is CC(C)C(=O)NCCCNC(=O)CN. The molecule has 14 heavy (non-hydrogen) atoms. The van der Waals surface area contributed by atoms with Gasteiger partial charge in [-0.15, -0.1) is 0 Å². The molecule has 0 fully saturated rings. The lowest BCUT2D eigenvalue weighted by atomic mass is 10.2. The molecule has 2 amide bonds. The Kier molecular flexibility index (Phi) is 6.74. The van der Waals surface area contributed by atoms with Gasteiger partial charge in [0.05, 0.1) is 6.54 Å². The fourth-order valence-electron chi connectivity index (χ4n) is 0.804. The molecule has 5 heteroatoms. The maximum atomic E-state index is 11.1. The van der Waals surface area contributed by atoms with E-state index in [1.807, 2.05) is 13.8 Å². The number of nitrogens with one attached hydrogen (secondary N) is 2. The molecular formula is C9H19N3O2. The van der Waals surface area contributed by atoms with Crippen LogP contribution in [0.5, 0.6) is 0 Å². The minimum absolute atomic E-state index is 0.00799. The summed E-state index contributed by atoms with van der Waals surface area (Å²) in [6.45, 7) is 4.83. The Hall–Kier alpha value is -1.10. The number of amides is 2. The fourth-order valence-corrected chi connectivity index (χ4v) is 0.804. The third-order valence-electron chi connectivity index (χ3n) is 1.68. The minimum Gasteiger partial charge on any atom is -0.356 e. The van der Waals surface area contributed by atoms with E-state index in [1.54, 1.807) is 0 Å². The number of carbonyl (C=O) groups is 2. The van der Waals surface area contributed by atoms with E-state index in [1.165, 1.54) is 0 Å². The standard InChI is InChI=1S/C9H19N3O2/c1-7(2)9(14)12-5-3-4-11-8(13)6-10/h7H,3-6,10H2,1-2H3,(H,11,13)(H,12,14). The molecule has 0 bridgehead atoms. The molecule has 0 aromatic rings. The van der Waals surface area contributed by atoms with Crippen LogP contribution in [0.2, 0.25) is 0 Å². The van der Waals surface area contributed by atoms with Crippen molar-refractivity contribution in [1.82, 2.24) is 10.6 Å². The molecule has 4 N–H and O–H groups in total. The van der Waals surface area contributed by atoms with Crippen molar-refractivity contribution in [3.63, 3.8) is 0 Å². The van der Waals surface area contributed by atoms with E-state index < -0.39 is 0 Å². The van der Waals surface area contributed by atoms with Gasteiger partial charge in [-0.25, -0.2) is 0 Å². The molecule has 0 atom stereocenters. The van der Waals surface area contributed by atoms with Gasteiger partial charge in [-0.1, -0.05) is 13.8 Å². The zero-order valence-electron chi connectivity index (χ0n) is 8.80. The van der Waals surface area contributed by atoms with Crippen LogP contribution < -0.4 is 16.4 Å². The van der Waals surface area contributed by atoms with E-state index in [0.717, 1.165) is 6.42 Å². The van der Waals surface area contributed by atoms with Crippen LogP contribution in [-0.4, -0.2) is 31.4 Å². The summed E-state index contributed by atoms with van der Waals surface area (Å²) >= 11 is 0. The highest BCUT2D eigenvalue weighted by Crippen LogP contribution is 1.89. The molecule has 0 rings (SSSR count). The molecule has 0 saturated heterocycles. The van der Waals surface area contributed by atoms with Crippen LogP contribution in [-0.2, 0) is 9.59 Å². The van der Waals surface area contributed by atoms with Gasteiger partial charge in [-0.05, 0) is 6.42 Å². The highest BCUT2D eigenvalue weighted by molar-refractivity contribution is 5.78. The summed E-state index contributed by atoms with van der Waals surface area (Å²) in [5.74, 6) is -0.121. The summed E-state index contributed by atoms with van der Waals surface area (Å²) in [6, 6.07) is 0. The predicted molar refractivity (Wildman–Crippen MR) is 54.5 cm³/mol. The molecule has 0 heterocycles. The lowest BCUT2D eigenvalue weighted by Crippen LogP contribution is -2.34. The van der Waals surface area contributed by atoms with Gasteiger partial charge in [0.25, 0.3) is 0 Å².